The minimum atomic E-state index is -0.141. The van der Waals surface area contributed by atoms with Crippen LogP contribution < -0.4 is 20.5 Å². The number of nitrogens with one attached hydrogen (secondary N) is 1. The van der Waals surface area contributed by atoms with Gasteiger partial charge in [0.15, 0.2) is 0 Å². The first kappa shape index (κ1) is 27.1. The van der Waals surface area contributed by atoms with E-state index in [0.29, 0.717) is 31.1 Å². The first-order chi connectivity index (χ1) is 19.3. The first-order valence-electron chi connectivity index (χ1n) is 13.6. The number of hydrogen-bond acceptors (Lipinski definition) is 7. The van der Waals surface area contributed by atoms with Crippen LogP contribution in [0, 0.1) is 5.92 Å². The highest BCUT2D eigenvalue weighted by atomic mass is 16.5. The van der Waals surface area contributed by atoms with E-state index in [0.717, 1.165) is 46.6 Å². The third kappa shape index (κ3) is 5.75. The van der Waals surface area contributed by atoms with Crippen molar-refractivity contribution >= 4 is 17.1 Å². The Morgan fingerprint density at radius 3 is 2.55 bits per heavy atom. The molecule has 0 aliphatic carbocycles. The van der Waals surface area contributed by atoms with Crippen LogP contribution in [0.4, 0.5) is 0 Å². The molecule has 0 fully saturated rings. The van der Waals surface area contributed by atoms with Gasteiger partial charge in [-0.25, -0.2) is 14.6 Å². The van der Waals surface area contributed by atoms with Gasteiger partial charge in [0.05, 0.1) is 36.3 Å². The number of nitrogens with zero attached hydrogens (tertiary/aromatic N) is 5. The summed E-state index contributed by atoms with van der Waals surface area (Å²) in [5, 5.41) is 13.6. The predicted octanol–water partition coefficient (Wildman–Crippen LogP) is 4.41. The van der Waals surface area contributed by atoms with Crippen molar-refractivity contribution in [3.05, 3.63) is 76.2 Å². The molecule has 0 bridgehead atoms. The number of pyridine rings is 1. The van der Waals surface area contributed by atoms with Crippen LogP contribution in [0.1, 0.15) is 57.2 Å². The van der Waals surface area contributed by atoms with Gasteiger partial charge in [0.1, 0.15) is 5.75 Å². The second-order valence-corrected chi connectivity index (χ2v) is 10.3. The van der Waals surface area contributed by atoms with Crippen molar-refractivity contribution in [2.75, 3.05) is 13.7 Å². The maximum atomic E-state index is 12.5. The van der Waals surface area contributed by atoms with Crippen LogP contribution in [0.25, 0.3) is 16.8 Å². The second kappa shape index (κ2) is 11.7. The summed E-state index contributed by atoms with van der Waals surface area (Å²) in [5.74, 6) is 1.68. The number of benzene rings is 1. The number of hydrazone groups is 1. The summed E-state index contributed by atoms with van der Waals surface area (Å²) in [7, 11) is 1.62. The van der Waals surface area contributed by atoms with Crippen LogP contribution in [0.2, 0.25) is 0 Å². The number of amides is 1. The van der Waals surface area contributed by atoms with E-state index in [2.05, 4.69) is 29.5 Å². The molecule has 4 aromatic rings. The van der Waals surface area contributed by atoms with Crippen molar-refractivity contribution in [1.29, 1.82) is 0 Å². The minimum Gasteiger partial charge on any atom is -0.494 e. The van der Waals surface area contributed by atoms with Gasteiger partial charge in [-0.05, 0) is 66.8 Å². The molecule has 1 amide bonds. The van der Waals surface area contributed by atoms with E-state index < -0.39 is 0 Å². The molecule has 0 saturated heterocycles. The van der Waals surface area contributed by atoms with Gasteiger partial charge in [-0.3, -0.25) is 9.59 Å². The monoisotopic (exact) mass is 542 g/mol. The zero-order valence-electron chi connectivity index (χ0n) is 23.3. The molecule has 1 unspecified atom stereocenters. The number of aromatic nitrogens is 4. The molecule has 4 heterocycles. The standard InChI is InChI=1S/C30H34N6O4/c1-19(2)25-18-26-23(11-14-29(39-4)36(26)34-25)24-12-13-28(38)35(33-24)15-5-6-16-40-22-9-7-21(8-10-22)30-20(3)17-27(37)31-32-30/h7-14,18-20H,5-6,15-17H2,1-4H3,(H,31,37). The lowest BCUT2D eigenvalue weighted by Gasteiger charge is -2.19. The molecule has 40 heavy (non-hydrogen) atoms. The number of methoxy groups -OCH3 is 1. The molecule has 3 aromatic heterocycles. The van der Waals surface area contributed by atoms with E-state index in [1.807, 2.05) is 49.4 Å². The van der Waals surface area contributed by atoms with E-state index in [1.165, 1.54) is 4.68 Å². The van der Waals surface area contributed by atoms with Gasteiger partial charge in [0, 0.05) is 36.6 Å². The molecule has 0 spiro atoms. The number of aryl methyl sites for hydroxylation is 1. The second-order valence-electron chi connectivity index (χ2n) is 10.3. The largest absolute Gasteiger partial charge is 0.494 e. The number of ether oxygens (including phenoxy) is 2. The normalized spacial score (nSPS) is 15.3. The summed E-state index contributed by atoms with van der Waals surface area (Å²) < 4.78 is 14.7. The van der Waals surface area contributed by atoms with Gasteiger partial charge in [-0.1, -0.05) is 20.8 Å². The fourth-order valence-electron chi connectivity index (χ4n) is 4.75. The zero-order valence-corrected chi connectivity index (χ0v) is 23.3. The van der Waals surface area contributed by atoms with E-state index in [1.54, 1.807) is 23.8 Å². The summed E-state index contributed by atoms with van der Waals surface area (Å²) in [4.78, 5) is 24.0. The topological polar surface area (TPSA) is 112 Å². The predicted molar refractivity (Wildman–Crippen MR) is 153 cm³/mol. The van der Waals surface area contributed by atoms with Crippen molar-refractivity contribution in [2.45, 2.75) is 52.5 Å². The molecule has 208 valence electrons. The highest BCUT2D eigenvalue weighted by Gasteiger charge is 2.21. The average molecular weight is 543 g/mol. The number of hydrogen-bond donors (Lipinski definition) is 1. The van der Waals surface area contributed by atoms with Crippen LogP contribution >= 0.6 is 0 Å². The van der Waals surface area contributed by atoms with E-state index in [9.17, 15) is 9.59 Å². The van der Waals surface area contributed by atoms with Crippen LogP contribution in [-0.2, 0) is 11.3 Å². The van der Waals surface area contributed by atoms with Crippen LogP contribution in [0.3, 0.4) is 0 Å². The van der Waals surface area contributed by atoms with E-state index in [-0.39, 0.29) is 23.3 Å². The Morgan fingerprint density at radius 1 is 1.02 bits per heavy atom. The fraction of sp³-hybridized carbons (Fsp3) is 0.367. The van der Waals surface area contributed by atoms with Crippen molar-refractivity contribution in [3.63, 3.8) is 0 Å². The van der Waals surface area contributed by atoms with Gasteiger partial charge in [0.2, 0.25) is 11.8 Å². The number of carbonyl (C=O) groups excluding carboxylic acids is 1. The molecule has 10 heteroatoms. The fourth-order valence-corrected chi connectivity index (χ4v) is 4.75. The molecule has 1 atom stereocenters. The maximum absolute atomic E-state index is 12.5. The number of rotatable bonds is 10. The number of fused-ring (bicyclic) bond motifs is 1. The quantitative estimate of drug-likeness (QED) is 0.297. The zero-order chi connectivity index (χ0) is 28.2. The van der Waals surface area contributed by atoms with Crippen molar-refractivity contribution in [1.82, 2.24) is 24.8 Å². The maximum Gasteiger partial charge on any atom is 0.266 e. The molecule has 10 nitrogen and oxygen atoms in total. The third-order valence-corrected chi connectivity index (χ3v) is 6.99. The average Bonchev–Trinajstić information content (AvgIpc) is 3.40. The molecular formula is C30H34N6O4. The van der Waals surface area contributed by atoms with Gasteiger partial charge in [0.25, 0.3) is 5.56 Å². The van der Waals surface area contributed by atoms with Crippen LogP contribution in [0.5, 0.6) is 11.6 Å². The van der Waals surface area contributed by atoms with Crippen molar-refractivity contribution in [2.24, 2.45) is 11.0 Å². The van der Waals surface area contributed by atoms with Gasteiger partial charge in [-0.15, -0.1) is 0 Å². The Hall–Kier alpha value is -4.47. The van der Waals surface area contributed by atoms with Crippen molar-refractivity contribution < 1.29 is 14.3 Å². The lowest BCUT2D eigenvalue weighted by molar-refractivity contribution is -0.121. The van der Waals surface area contributed by atoms with E-state index in [4.69, 9.17) is 14.6 Å². The molecule has 1 aliphatic heterocycles. The number of unbranched alkanes of at least 4 members (excludes halogenated alkanes) is 1. The summed E-state index contributed by atoms with van der Waals surface area (Å²) in [6.07, 6.45) is 1.94. The van der Waals surface area contributed by atoms with Gasteiger partial charge >= 0.3 is 0 Å². The Kier molecular flexibility index (Phi) is 7.95. The molecule has 1 aliphatic rings. The Balaban J connectivity index is 1.20. The van der Waals surface area contributed by atoms with Crippen molar-refractivity contribution in [3.8, 4) is 22.9 Å². The van der Waals surface area contributed by atoms with Crippen LogP contribution in [0.15, 0.2) is 64.5 Å². The third-order valence-electron chi connectivity index (χ3n) is 6.99. The molecule has 1 N–H and O–H groups in total. The Morgan fingerprint density at radius 2 is 1.82 bits per heavy atom. The van der Waals surface area contributed by atoms with Gasteiger partial charge in [-0.2, -0.15) is 15.3 Å². The van der Waals surface area contributed by atoms with E-state index >= 15 is 0 Å². The molecular weight excluding hydrogens is 508 g/mol. The minimum absolute atomic E-state index is 0.0584. The summed E-state index contributed by atoms with van der Waals surface area (Å²) >= 11 is 0. The molecule has 5 rings (SSSR count). The lowest BCUT2D eigenvalue weighted by atomic mass is 9.94. The smallest absolute Gasteiger partial charge is 0.266 e. The SMILES string of the molecule is COc1ccc(-c2ccc(=O)n(CCCCOc3ccc(C4=NNC(=O)CC4C)cc3)n2)c2cc(C(C)C)nn12. The molecule has 0 radical (unpaired) electrons. The molecule has 0 saturated carbocycles. The highest BCUT2D eigenvalue weighted by molar-refractivity contribution is 6.05. The highest BCUT2D eigenvalue weighted by Crippen LogP contribution is 2.29. The molecule has 1 aromatic carbocycles. The summed E-state index contributed by atoms with van der Waals surface area (Å²) in [5.41, 5.74) is 7.68. The lowest BCUT2D eigenvalue weighted by Crippen LogP contribution is -2.31. The summed E-state index contributed by atoms with van der Waals surface area (Å²) in [6.45, 7) is 7.20. The van der Waals surface area contributed by atoms with Gasteiger partial charge < -0.3 is 9.47 Å². The Bertz CT molecular complexity index is 1600. The summed E-state index contributed by atoms with van der Waals surface area (Å²) in [6, 6.07) is 16.9. The van der Waals surface area contributed by atoms with Crippen LogP contribution in [-0.4, -0.2) is 44.7 Å². The first-order valence-corrected chi connectivity index (χ1v) is 13.6. The Labute approximate surface area is 232 Å². The number of carbonyl (C=O) groups is 1.